The van der Waals surface area contributed by atoms with E-state index in [-0.39, 0.29) is 0 Å². The van der Waals surface area contributed by atoms with Crippen molar-refractivity contribution < 1.29 is 0 Å². The Kier molecular flexibility index (Phi) is 3.11. The summed E-state index contributed by atoms with van der Waals surface area (Å²) >= 11 is 0. The Labute approximate surface area is 190 Å². The summed E-state index contributed by atoms with van der Waals surface area (Å²) in [7, 11) is 2.20. The average Bonchev–Trinajstić information content (AvgIpc) is 3.49. The molecule has 2 heteroatoms. The molecule has 0 amide bonds. The number of hydrogen-bond acceptors (Lipinski definition) is 0. The molecule has 0 saturated heterocycles. The molecule has 3 aromatic heterocycles. The summed E-state index contributed by atoms with van der Waals surface area (Å²) in [6.45, 7) is 0. The number of rotatable bonds is 1. The maximum Gasteiger partial charge on any atom is 0.0621 e. The molecule has 33 heavy (non-hydrogen) atoms. The van der Waals surface area contributed by atoms with Crippen molar-refractivity contribution in [3.8, 4) is 11.1 Å². The lowest BCUT2D eigenvalue weighted by Crippen LogP contribution is -1.88. The van der Waals surface area contributed by atoms with Gasteiger partial charge in [-0.1, -0.05) is 84.9 Å². The maximum absolute atomic E-state index is 2.48. The Morgan fingerprint density at radius 2 is 1.15 bits per heavy atom. The Bertz CT molecular complexity index is 2020. The molecule has 0 aliphatic carbocycles. The summed E-state index contributed by atoms with van der Waals surface area (Å²) < 4.78 is 4.85. The van der Waals surface area contributed by atoms with Crippen molar-refractivity contribution in [2.75, 3.05) is 0 Å². The first-order valence-electron chi connectivity index (χ1n) is 11.4. The summed E-state index contributed by atoms with van der Waals surface area (Å²) in [5.74, 6) is 0. The zero-order chi connectivity index (χ0) is 21.7. The van der Waals surface area contributed by atoms with Gasteiger partial charge < -0.3 is 8.97 Å². The van der Waals surface area contributed by atoms with Gasteiger partial charge in [-0.15, -0.1) is 0 Å². The van der Waals surface area contributed by atoms with E-state index in [1.54, 1.807) is 0 Å². The van der Waals surface area contributed by atoms with E-state index in [0.29, 0.717) is 0 Å². The third kappa shape index (κ3) is 2.04. The second-order valence-corrected chi connectivity index (χ2v) is 9.07. The summed E-state index contributed by atoms with van der Waals surface area (Å²) in [4.78, 5) is 0. The molecule has 8 aromatic rings. The van der Waals surface area contributed by atoms with Gasteiger partial charge in [0.1, 0.15) is 0 Å². The van der Waals surface area contributed by atoms with E-state index < -0.39 is 0 Å². The average molecular weight is 421 g/mol. The monoisotopic (exact) mass is 420 g/mol. The molecule has 0 aliphatic heterocycles. The van der Waals surface area contributed by atoms with Crippen LogP contribution < -0.4 is 0 Å². The van der Waals surface area contributed by atoms with Crippen LogP contribution in [0.3, 0.4) is 0 Å². The van der Waals surface area contributed by atoms with E-state index in [4.69, 9.17) is 0 Å². The van der Waals surface area contributed by atoms with E-state index in [1.807, 2.05) is 0 Å². The van der Waals surface area contributed by atoms with Crippen LogP contribution in [-0.2, 0) is 7.05 Å². The minimum Gasteiger partial charge on any atom is -0.343 e. The fourth-order valence-electron chi connectivity index (χ4n) is 6.04. The molecule has 0 spiro atoms. The summed E-state index contributed by atoms with van der Waals surface area (Å²) in [5.41, 5.74) is 8.97. The van der Waals surface area contributed by atoms with Crippen molar-refractivity contribution in [2.24, 2.45) is 7.05 Å². The van der Waals surface area contributed by atoms with E-state index in [1.165, 1.54) is 71.0 Å². The Morgan fingerprint density at radius 3 is 2.06 bits per heavy atom. The number of aromatic nitrogens is 2. The van der Waals surface area contributed by atoms with Crippen LogP contribution in [0.15, 0.2) is 103 Å². The SMILES string of the molecule is Cn1c2ccccc2c2ccc3c(c4cccc5c6ccc(-c7ccccc7)cc6n3c54)c21. The van der Waals surface area contributed by atoms with Gasteiger partial charge in [0.25, 0.3) is 0 Å². The highest BCUT2D eigenvalue weighted by atomic mass is 15.0. The fourth-order valence-corrected chi connectivity index (χ4v) is 6.04. The molecule has 2 nitrogen and oxygen atoms in total. The summed E-state index contributed by atoms with van der Waals surface area (Å²) in [6, 6.07) is 37.7. The first kappa shape index (κ1) is 17.3. The molecule has 0 unspecified atom stereocenters. The number of hydrogen-bond donors (Lipinski definition) is 0. The van der Waals surface area contributed by atoms with Crippen LogP contribution >= 0.6 is 0 Å². The van der Waals surface area contributed by atoms with Crippen molar-refractivity contribution in [2.45, 2.75) is 0 Å². The molecule has 3 heterocycles. The van der Waals surface area contributed by atoms with Crippen molar-refractivity contribution in [3.05, 3.63) is 103 Å². The highest BCUT2D eigenvalue weighted by molar-refractivity contribution is 6.30. The second kappa shape index (κ2) is 5.93. The molecule has 0 fully saturated rings. The van der Waals surface area contributed by atoms with Gasteiger partial charge in [0, 0.05) is 44.9 Å². The summed E-state index contributed by atoms with van der Waals surface area (Å²) in [5, 5.41) is 7.96. The van der Waals surface area contributed by atoms with Crippen molar-refractivity contribution in [3.63, 3.8) is 0 Å². The predicted octanol–water partition coefficient (Wildman–Crippen LogP) is 8.15. The largest absolute Gasteiger partial charge is 0.343 e. The van der Waals surface area contributed by atoms with Crippen LogP contribution in [0.4, 0.5) is 0 Å². The zero-order valence-electron chi connectivity index (χ0n) is 18.2. The number of para-hydroxylation sites is 2. The lowest BCUT2D eigenvalue weighted by molar-refractivity contribution is 1.02. The first-order chi connectivity index (χ1) is 16.3. The lowest BCUT2D eigenvalue weighted by Gasteiger charge is -2.05. The number of benzene rings is 5. The van der Waals surface area contributed by atoms with E-state index in [0.717, 1.165) is 0 Å². The minimum absolute atomic E-state index is 1.25. The van der Waals surface area contributed by atoms with Crippen LogP contribution in [-0.4, -0.2) is 8.97 Å². The predicted molar refractivity (Wildman–Crippen MR) is 141 cm³/mol. The fraction of sp³-hybridized carbons (Fsp3) is 0.0323. The van der Waals surface area contributed by atoms with Crippen molar-refractivity contribution in [1.29, 1.82) is 0 Å². The van der Waals surface area contributed by atoms with Crippen molar-refractivity contribution in [1.82, 2.24) is 8.97 Å². The van der Waals surface area contributed by atoms with Gasteiger partial charge in [-0.05, 0) is 29.3 Å². The molecule has 154 valence electrons. The molecule has 0 radical (unpaired) electrons. The van der Waals surface area contributed by atoms with E-state index in [2.05, 4.69) is 119 Å². The second-order valence-electron chi connectivity index (χ2n) is 9.07. The van der Waals surface area contributed by atoms with Gasteiger partial charge in [0.15, 0.2) is 0 Å². The highest BCUT2D eigenvalue weighted by Gasteiger charge is 2.21. The highest BCUT2D eigenvalue weighted by Crippen LogP contribution is 2.43. The zero-order valence-corrected chi connectivity index (χ0v) is 18.2. The van der Waals surface area contributed by atoms with Crippen LogP contribution in [0.5, 0.6) is 0 Å². The van der Waals surface area contributed by atoms with Gasteiger partial charge in [0.2, 0.25) is 0 Å². The number of fused-ring (bicyclic) bond motifs is 10. The van der Waals surface area contributed by atoms with Gasteiger partial charge in [-0.3, -0.25) is 0 Å². The quantitative estimate of drug-likeness (QED) is 0.253. The maximum atomic E-state index is 2.48. The standard InChI is InChI=1S/C31H20N2/c1-32-26-13-6-5-10-21(26)24-16-17-27-29(31(24)32)25-12-7-11-23-22-15-14-20(19-8-3-2-4-9-19)18-28(22)33(27)30(23)25/h2-18H,1H3. The molecular weight excluding hydrogens is 400 g/mol. The first-order valence-corrected chi connectivity index (χ1v) is 11.4. The molecule has 8 rings (SSSR count). The molecule has 0 aliphatic rings. The minimum atomic E-state index is 1.25. The normalized spacial score (nSPS) is 12.4. The van der Waals surface area contributed by atoms with Crippen molar-refractivity contribution >= 4 is 59.9 Å². The lowest BCUT2D eigenvalue weighted by atomic mass is 10.0. The molecule has 0 bridgehead atoms. The number of nitrogens with zero attached hydrogens (tertiary/aromatic N) is 2. The summed E-state index contributed by atoms with van der Waals surface area (Å²) in [6.07, 6.45) is 0. The van der Waals surface area contributed by atoms with Gasteiger partial charge in [0.05, 0.1) is 22.1 Å². The van der Waals surface area contributed by atoms with Gasteiger partial charge in [-0.25, -0.2) is 0 Å². The topological polar surface area (TPSA) is 9.34 Å². The molecular formula is C31H20N2. The molecule has 5 aromatic carbocycles. The number of aryl methyl sites for hydroxylation is 1. The molecule has 0 N–H and O–H groups in total. The Balaban J connectivity index is 1.62. The van der Waals surface area contributed by atoms with E-state index >= 15 is 0 Å². The Morgan fingerprint density at radius 1 is 0.455 bits per heavy atom. The van der Waals surface area contributed by atoms with Crippen LogP contribution in [0, 0.1) is 0 Å². The van der Waals surface area contributed by atoms with Crippen LogP contribution in [0.25, 0.3) is 71.0 Å². The van der Waals surface area contributed by atoms with Gasteiger partial charge in [-0.2, -0.15) is 0 Å². The Hall–Kier alpha value is -4.30. The smallest absolute Gasteiger partial charge is 0.0621 e. The van der Waals surface area contributed by atoms with Crippen LogP contribution in [0.2, 0.25) is 0 Å². The molecule has 0 atom stereocenters. The molecule has 0 saturated carbocycles. The van der Waals surface area contributed by atoms with E-state index in [9.17, 15) is 0 Å². The van der Waals surface area contributed by atoms with Crippen LogP contribution in [0.1, 0.15) is 0 Å². The third-order valence-electron chi connectivity index (χ3n) is 7.45. The third-order valence-corrected chi connectivity index (χ3v) is 7.45. The van der Waals surface area contributed by atoms with Gasteiger partial charge >= 0.3 is 0 Å².